The van der Waals surface area contributed by atoms with Crippen LogP contribution in [0.15, 0.2) is 18.2 Å². The van der Waals surface area contributed by atoms with Crippen LogP contribution in [0.25, 0.3) is 0 Å². The van der Waals surface area contributed by atoms with Crippen molar-refractivity contribution in [1.82, 2.24) is 5.32 Å². The van der Waals surface area contributed by atoms with E-state index in [4.69, 9.17) is 9.47 Å². The number of aryl methyl sites for hydroxylation is 2. The predicted molar refractivity (Wildman–Crippen MR) is 70.9 cm³/mol. The Morgan fingerprint density at radius 3 is 2.67 bits per heavy atom. The van der Waals surface area contributed by atoms with Crippen LogP contribution < -0.4 is 10.1 Å². The zero-order valence-corrected chi connectivity index (χ0v) is 11.4. The molecule has 4 nitrogen and oxygen atoms in total. The van der Waals surface area contributed by atoms with Gasteiger partial charge in [0, 0.05) is 7.11 Å². The summed E-state index contributed by atoms with van der Waals surface area (Å²) >= 11 is 0. The smallest absolute Gasteiger partial charge is 0.246 e. The summed E-state index contributed by atoms with van der Waals surface area (Å²) in [6, 6.07) is 5.92. The first kappa shape index (κ1) is 14.5. The van der Waals surface area contributed by atoms with Gasteiger partial charge in [-0.3, -0.25) is 4.79 Å². The number of benzene rings is 1. The minimum Gasteiger partial charge on any atom is -0.491 e. The molecule has 0 bridgehead atoms. The van der Waals surface area contributed by atoms with Crippen molar-refractivity contribution >= 4 is 5.91 Å². The fourth-order valence-electron chi connectivity index (χ4n) is 1.51. The van der Waals surface area contributed by atoms with Crippen LogP contribution in [0, 0.1) is 13.8 Å². The maximum Gasteiger partial charge on any atom is 0.246 e. The van der Waals surface area contributed by atoms with Gasteiger partial charge in [0.15, 0.2) is 0 Å². The van der Waals surface area contributed by atoms with Gasteiger partial charge in [0.05, 0.1) is 6.04 Å². The zero-order chi connectivity index (χ0) is 13.5. The molecule has 0 saturated heterocycles. The number of carbonyl (C=O) groups is 1. The van der Waals surface area contributed by atoms with Crippen molar-refractivity contribution in [3.63, 3.8) is 0 Å². The first-order valence-corrected chi connectivity index (χ1v) is 6.01. The number of hydrogen-bond acceptors (Lipinski definition) is 3. The van der Waals surface area contributed by atoms with Crippen molar-refractivity contribution in [3.05, 3.63) is 29.3 Å². The van der Waals surface area contributed by atoms with Crippen molar-refractivity contribution in [2.75, 3.05) is 20.3 Å². The Morgan fingerprint density at radius 2 is 2.06 bits per heavy atom. The molecule has 0 saturated carbocycles. The van der Waals surface area contributed by atoms with Gasteiger partial charge in [0.25, 0.3) is 0 Å². The fourth-order valence-corrected chi connectivity index (χ4v) is 1.51. The molecule has 1 aromatic rings. The molecule has 1 rings (SSSR count). The summed E-state index contributed by atoms with van der Waals surface area (Å²) in [5, 5.41) is 2.79. The predicted octanol–water partition coefficient (Wildman–Crippen LogP) is 1.83. The van der Waals surface area contributed by atoms with Crippen molar-refractivity contribution < 1.29 is 14.3 Å². The number of hydrogen-bond donors (Lipinski definition) is 1. The molecule has 1 amide bonds. The molecule has 1 aromatic carbocycles. The van der Waals surface area contributed by atoms with Gasteiger partial charge < -0.3 is 14.8 Å². The molecule has 0 unspecified atom stereocenters. The maximum atomic E-state index is 11.3. The van der Waals surface area contributed by atoms with Crippen molar-refractivity contribution in [3.8, 4) is 5.75 Å². The van der Waals surface area contributed by atoms with Crippen LogP contribution in [0.3, 0.4) is 0 Å². The minimum atomic E-state index is -0.131. The van der Waals surface area contributed by atoms with Crippen LogP contribution in [0.1, 0.15) is 18.1 Å². The number of carbonyl (C=O) groups excluding carboxylic acids is 1. The molecule has 0 aliphatic rings. The quantitative estimate of drug-likeness (QED) is 0.839. The van der Waals surface area contributed by atoms with E-state index < -0.39 is 0 Å². The third kappa shape index (κ3) is 4.75. The average molecular weight is 251 g/mol. The third-order valence-electron chi connectivity index (χ3n) is 2.66. The lowest BCUT2D eigenvalue weighted by Gasteiger charge is -2.15. The molecular weight excluding hydrogens is 230 g/mol. The molecule has 0 aliphatic carbocycles. The highest BCUT2D eigenvalue weighted by atomic mass is 16.5. The highest BCUT2D eigenvalue weighted by Gasteiger charge is 2.07. The number of methoxy groups -OCH3 is 1. The largest absolute Gasteiger partial charge is 0.491 e. The van der Waals surface area contributed by atoms with Crippen LogP contribution in [0.2, 0.25) is 0 Å². The molecule has 0 aliphatic heterocycles. The van der Waals surface area contributed by atoms with E-state index in [0.717, 1.165) is 5.75 Å². The van der Waals surface area contributed by atoms with Crippen molar-refractivity contribution in [1.29, 1.82) is 0 Å². The number of ether oxygens (including phenoxy) is 2. The topological polar surface area (TPSA) is 47.6 Å². The molecule has 0 heterocycles. The van der Waals surface area contributed by atoms with E-state index in [0.29, 0.717) is 6.61 Å². The average Bonchev–Trinajstić information content (AvgIpc) is 2.31. The Bertz CT molecular complexity index is 404. The first-order valence-electron chi connectivity index (χ1n) is 6.01. The Hall–Kier alpha value is -1.55. The van der Waals surface area contributed by atoms with Crippen molar-refractivity contribution in [2.45, 2.75) is 26.8 Å². The van der Waals surface area contributed by atoms with Gasteiger partial charge in [0.1, 0.15) is 19.0 Å². The van der Waals surface area contributed by atoms with Gasteiger partial charge in [-0.1, -0.05) is 6.07 Å². The van der Waals surface area contributed by atoms with Gasteiger partial charge in [-0.15, -0.1) is 0 Å². The van der Waals surface area contributed by atoms with Gasteiger partial charge in [0.2, 0.25) is 5.91 Å². The fraction of sp³-hybridized carbons (Fsp3) is 0.500. The van der Waals surface area contributed by atoms with Crippen molar-refractivity contribution in [2.24, 2.45) is 0 Å². The van der Waals surface area contributed by atoms with E-state index in [-0.39, 0.29) is 18.6 Å². The molecule has 4 heteroatoms. The van der Waals surface area contributed by atoms with Gasteiger partial charge in [-0.2, -0.15) is 0 Å². The highest BCUT2D eigenvalue weighted by Crippen LogP contribution is 2.16. The Morgan fingerprint density at radius 1 is 1.33 bits per heavy atom. The highest BCUT2D eigenvalue weighted by molar-refractivity contribution is 5.77. The summed E-state index contributed by atoms with van der Waals surface area (Å²) in [6.07, 6.45) is 0. The maximum absolute atomic E-state index is 11.3. The molecule has 0 radical (unpaired) electrons. The Balaban J connectivity index is 2.40. The summed E-state index contributed by atoms with van der Waals surface area (Å²) in [5.41, 5.74) is 2.44. The van der Waals surface area contributed by atoms with Gasteiger partial charge in [-0.25, -0.2) is 0 Å². The molecule has 0 aromatic heterocycles. The number of rotatable bonds is 6. The Labute approximate surface area is 108 Å². The third-order valence-corrected chi connectivity index (χ3v) is 2.66. The van der Waals surface area contributed by atoms with Crippen LogP contribution in [0.4, 0.5) is 0 Å². The molecule has 18 heavy (non-hydrogen) atoms. The standard InChI is InChI=1S/C14H21NO3/c1-10-5-6-13(7-11(10)2)18-8-12(3)15-14(16)9-17-4/h5-7,12H,8-9H2,1-4H3,(H,15,16)/t12-/m0/s1. The lowest BCUT2D eigenvalue weighted by atomic mass is 10.1. The normalized spacial score (nSPS) is 12.0. The zero-order valence-electron chi connectivity index (χ0n) is 11.4. The van der Waals surface area contributed by atoms with E-state index in [1.807, 2.05) is 32.0 Å². The molecule has 1 atom stereocenters. The molecule has 0 spiro atoms. The summed E-state index contributed by atoms with van der Waals surface area (Å²) in [6.45, 7) is 6.53. The molecule has 100 valence electrons. The van der Waals surface area contributed by atoms with Crippen LogP contribution in [-0.2, 0) is 9.53 Å². The van der Waals surface area contributed by atoms with Crippen LogP contribution in [-0.4, -0.2) is 32.3 Å². The lowest BCUT2D eigenvalue weighted by molar-refractivity contribution is -0.125. The van der Waals surface area contributed by atoms with E-state index in [1.165, 1.54) is 18.2 Å². The Kier molecular flexibility index (Phi) is 5.65. The summed E-state index contributed by atoms with van der Waals surface area (Å²) in [4.78, 5) is 11.3. The lowest BCUT2D eigenvalue weighted by Crippen LogP contribution is -2.38. The minimum absolute atomic E-state index is 0.0470. The second kappa shape index (κ2) is 7.01. The van der Waals surface area contributed by atoms with Gasteiger partial charge >= 0.3 is 0 Å². The van der Waals surface area contributed by atoms with Crippen LogP contribution >= 0.6 is 0 Å². The summed E-state index contributed by atoms with van der Waals surface area (Å²) in [5.74, 6) is 0.694. The molecule has 0 fully saturated rings. The van der Waals surface area contributed by atoms with Crippen LogP contribution in [0.5, 0.6) is 5.75 Å². The first-order chi connectivity index (χ1) is 8.52. The molecular formula is C14H21NO3. The SMILES string of the molecule is COCC(=O)N[C@@H](C)COc1ccc(C)c(C)c1. The van der Waals surface area contributed by atoms with E-state index in [9.17, 15) is 4.79 Å². The van der Waals surface area contributed by atoms with Gasteiger partial charge in [-0.05, 0) is 44.0 Å². The second-order valence-corrected chi connectivity index (χ2v) is 4.46. The second-order valence-electron chi connectivity index (χ2n) is 4.46. The van der Waals surface area contributed by atoms with E-state index >= 15 is 0 Å². The monoisotopic (exact) mass is 251 g/mol. The van der Waals surface area contributed by atoms with E-state index in [2.05, 4.69) is 12.2 Å². The van der Waals surface area contributed by atoms with E-state index in [1.54, 1.807) is 0 Å². The number of nitrogens with one attached hydrogen (secondary N) is 1. The summed E-state index contributed by atoms with van der Waals surface area (Å²) in [7, 11) is 1.50. The summed E-state index contributed by atoms with van der Waals surface area (Å²) < 4.78 is 10.4. The number of amides is 1. The molecule has 1 N–H and O–H groups in total.